The molecule has 0 aliphatic rings. The van der Waals surface area contributed by atoms with Gasteiger partial charge in [-0.3, -0.25) is 10.1 Å². The molecule has 2 N–H and O–H groups in total. The Balaban J connectivity index is 2.97. The quantitative estimate of drug-likeness (QED) is 0.586. The summed E-state index contributed by atoms with van der Waals surface area (Å²) in [4.78, 5) is 11.7. The molecule has 0 spiro atoms. The van der Waals surface area contributed by atoms with E-state index in [0.29, 0.717) is 5.69 Å². The lowest BCUT2D eigenvalue weighted by atomic mass is 10.0. The Kier molecular flexibility index (Phi) is 4.03. The molecule has 0 bridgehead atoms. The summed E-state index contributed by atoms with van der Waals surface area (Å²) in [6, 6.07) is 5.95. The molecule has 1 aromatic rings. The van der Waals surface area contributed by atoms with Gasteiger partial charge in [0.25, 0.3) is 5.69 Å². The third kappa shape index (κ3) is 2.72. The van der Waals surface area contributed by atoms with Crippen LogP contribution in [-0.2, 0) is 0 Å². The van der Waals surface area contributed by atoms with E-state index in [4.69, 9.17) is 0 Å². The second-order valence-corrected chi connectivity index (χ2v) is 4.15. The number of aliphatic hydroxyl groups is 2. The first-order valence-electron chi connectivity index (χ1n) is 5.14. The molecule has 0 saturated heterocycles. The molecule has 0 aliphatic heterocycles. The third-order valence-corrected chi connectivity index (χ3v) is 2.94. The van der Waals surface area contributed by atoms with Gasteiger partial charge in [0.05, 0.1) is 23.7 Å². The molecular weight excluding hydrogens is 224 g/mol. The highest BCUT2D eigenvalue weighted by Gasteiger charge is 2.28. The van der Waals surface area contributed by atoms with Gasteiger partial charge in [0.15, 0.2) is 0 Å². The summed E-state index contributed by atoms with van der Waals surface area (Å²) in [5.41, 5.74) is -0.0890. The lowest BCUT2D eigenvalue weighted by Gasteiger charge is -2.37. The standard InChI is InChI=1S/C11H16N2O4/c1-11(7-14,8-15)12(2)9-3-5-10(6-4-9)13(16)17/h3-6,14-15H,7-8H2,1-2H3. The van der Waals surface area contributed by atoms with E-state index in [1.54, 1.807) is 31.0 Å². The molecule has 0 aliphatic carbocycles. The number of likely N-dealkylation sites (N-methyl/N-ethyl adjacent to an activating group) is 1. The van der Waals surface area contributed by atoms with Crippen LogP contribution in [0.3, 0.4) is 0 Å². The van der Waals surface area contributed by atoms with E-state index in [-0.39, 0.29) is 18.9 Å². The maximum Gasteiger partial charge on any atom is 0.269 e. The van der Waals surface area contributed by atoms with E-state index in [2.05, 4.69) is 0 Å². The molecule has 0 atom stereocenters. The molecule has 0 fully saturated rings. The molecule has 94 valence electrons. The molecule has 6 heteroatoms. The molecule has 1 aromatic carbocycles. The number of non-ortho nitro benzene ring substituents is 1. The average Bonchev–Trinajstić information content (AvgIpc) is 2.37. The summed E-state index contributed by atoms with van der Waals surface area (Å²) < 4.78 is 0. The van der Waals surface area contributed by atoms with Crippen molar-refractivity contribution in [3.8, 4) is 0 Å². The zero-order valence-corrected chi connectivity index (χ0v) is 9.83. The fraction of sp³-hybridized carbons (Fsp3) is 0.455. The van der Waals surface area contributed by atoms with Crippen LogP contribution in [0.1, 0.15) is 6.92 Å². The van der Waals surface area contributed by atoms with Gasteiger partial charge in [-0.25, -0.2) is 0 Å². The average molecular weight is 240 g/mol. The first-order chi connectivity index (χ1) is 7.94. The number of nitro benzene ring substituents is 1. The zero-order chi connectivity index (χ0) is 13.1. The first kappa shape index (κ1) is 13.4. The van der Waals surface area contributed by atoms with Gasteiger partial charge in [0.2, 0.25) is 0 Å². The van der Waals surface area contributed by atoms with Gasteiger partial charge in [-0.2, -0.15) is 0 Å². The molecule has 1 rings (SSSR count). The lowest BCUT2D eigenvalue weighted by molar-refractivity contribution is -0.384. The van der Waals surface area contributed by atoms with Crippen molar-refractivity contribution in [3.63, 3.8) is 0 Å². The van der Waals surface area contributed by atoms with E-state index < -0.39 is 10.5 Å². The largest absolute Gasteiger partial charge is 0.394 e. The maximum absolute atomic E-state index is 10.5. The Morgan fingerprint density at radius 2 is 1.76 bits per heavy atom. The normalized spacial score (nSPS) is 11.3. The minimum absolute atomic E-state index is 0.0110. The molecule has 0 radical (unpaired) electrons. The Morgan fingerprint density at radius 3 is 2.12 bits per heavy atom. The van der Waals surface area contributed by atoms with Gasteiger partial charge in [-0.15, -0.1) is 0 Å². The Hall–Kier alpha value is -1.66. The second-order valence-electron chi connectivity index (χ2n) is 4.15. The van der Waals surface area contributed by atoms with Gasteiger partial charge >= 0.3 is 0 Å². The molecule has 0 unspecified atom stereocenters. The van der Waals surface area contributed by atoms with Crippen molar-refractivity contribution in [2.24, 2.45) is 0 Å². The first-order valence-corrected chi connectivity index (χ1v) is 5.14. The summed E-state index contributed by atoms with van der Waals surface area (Å²) in [5.74, 6) is 0. The van der Waals surface area contributed by atoms with Crippen LogP contribution in [0.25, 0.3) is 0 Å². The molecular formula is C11H16N2O4. The Labute approximate surface area is 99.3 Å². The Bertz CT molecular complexity index is 387. The summed E-state index contributed by atoms with van der Waals surface area (Å²) >= 11 is 0. The van der Waals surface area contributed by atoms with E-state index in [0.717, 1.165) is 0 Å². The molecule has 0 saturated carbocycles. The van der Waals surface area contributed by atoms with Crippen molar-refractivity contribution in [2.45, 2.75) is 12.5 Å². The Morgan fingerprint density at radius 1 is 1.29 bits per heavy atom. The predicted octanol–water partition coefficient (Wildman–Crippen LogP) is 0.774. The SMILES string of the molecule is CN(c1ccc([N+](=O)[O-])cc1)C(C)(CO)CO. The molecule has 0 heterocycles. The van der Waals surface area contributed by atoms with Crippen molar-refractivity contribution in [1.29, 1.82) is 0 Å². The van der Waals surface area contributed by atoms with Gasteiger partial charge in [-0.1, -0.05) is 0 Å². The number of nitro groups is 1. The number of hydrogen-bond donors (Lipinski definition) is 2. The van der Waals surface area contributed by atoms with E-state index in [1.165, 1.54) is 12.1 Å². The van der Waals surface area contributed by atoms with Gasteiger partial charge in [0.1, 0.15) is 0 Å². The van der Waals surface area contributed by atoms with Crippen LogP contribution in [0, 0.1) is 10.1 Å². The lowest BCUT2D eigenvalue weighted by Crippen LogP contribution is -2.50. The van der Waals surface area contributed by atoms with Gasteiger partial charge < -0.3 is 15.1 Å². The second kappa shape index (κ2) is 5.11. The predicted molar refractivity (Wildman–Crippen MR) is 64.1 cm³/mol. The highest BCUT2D eigenvalue weighted by atomic mass is 16.6. The number of benzene rings is 1. The van der Waals surface area contributed by atoms with Crippen molar-refractivity contribution >= 4 is 11.4 Å². The fourth-order valence-corrected chi connectivity index (χ4v) is 1.37. The maximum atomic E-state index is 10.5. The van der Waals surface area contributed by atoms with Gasteiger partial charge in [-0.05, 0) is 19.1 Å². The van der Waals surface area contributed by atoms with Crippen LogP contribution < -0.4 is 4.90 Å². The molecule has 0 aromatic heterocycles. The number of nitrogens with zero attached hydrogens (tertiary/aromatic N) is 2. The van der Waals surface area contributed by atoms with Crippen molar-refractivity contribution in [3.05, 3.63) is 34.4 Å². The molecule has 6 nitrogen and oxygen atoms in total. The van der Waals surface area contributed by atoms with Crippen LogP contribution in [0.5, 0.6) is 0 Å². The number of rotatable bonds is 5. The van der Waals surface area contributed by atoms with Crippen molar-refractivity contribution in [1.82, 2.24) is 0 Å². The van der Waals surface area contributed by atoms with Crippen LogP contribution >= 0.6 is 0 Å². The van der Waals surface area contributed by atoms with Gasteiger partial charge in [0, 0.05) is 24.9 Å². The number of aliphatic hydroxyl groups excluding tert-OH is 2. The number of hydrogen-bond acceptors (Lipinski definition) is 5. The van der Waals surface area contributed by atoms with Crippen LogP contribution in [-0.4, -0.2) is 40.9 Å². The summed E-state index contributed by atoms with van der Waals surface area (Å²) in [6.07, 6.45) is 0. The topological polar surface area (TPSA) is 86.8 Å². The monoisotopic (exact) mass is 240 g/mol. The molecule has 17 heavy (non-hydrogen) atoms. The summed E-state index contributed by atoms with van der Waals surface area (Å²) in [6.45, 7) is 1.28. The van der Waals surface area contributed by atoms with Crippen LogP contribution in [0.2, 0.25) is 0 Å². The summed E-state index contributed by atoms with van der Waals surface area (Å²) in [5, 5.41) is 29.0. The molecule has 0 amide bonds. The zero-order valence-electron chi connectivity index (χ0n) is 9.83. The van der Waals surface area contributed by atoms with Crippen molar-refractivity contribution < 1.29 is 15.1 Å². The number of anilines is 1. The van der Waals surface area contributed by atoms with E-state index >= 15 is 0 Å². The highest BCUT2D eigenvalue weighted by Crippen LogP contribution is 2.24. The van der Waals surface area contributed by atoms with Crippen LogP contribution in [0.4, 0.5) is 11.4 Å². The van der Waals surface area contributed by atoms with E-state index in [9.17, 15) is 20.3 Å². The summed E-state index contributed by atoms with van der Waals surface area (Å²) in [7, 11) is 1.72. The highest BCUT2D eigenvalue weighted by molar-refractivity contribution is 5.52. The van der Waals surface area contributed by atoms with Crippen LogP contribution in [0.15, 0.2) is 24.3 Å². The third-order valence-electron chi connectivity index (χ3n) is 2.94. The fourth-order valence-electron chi connectivity index (χ4n) is 1.37. The minimum atomic E-state index is -0.796. The van der Waals surface area contributed by atoms with Crippen molar-refractivity contribution in [2.75, 3.05) is 25.2 Å². The minimum Gasteiger partial charge on any atom is -0.394 e. The van der Waals surface area contributed by atoms with E-state index in [1.807, 2.05) is 0 Å². The smallest absolute Gasteiger partial charge is 0.269 e.